The SMILES string of the molecule is O=[N+]([O-])c1c(C(F)F)cc(S(=O)(=O)Cl)nc1OC(F)(F)F. The van der Waals surface area contributed by atoms with Crippen molar-refractivity contribution in [1.82, 2.24) is 4.98 Å². The lowest BCUT2D eigenvalue weighted by Crippen LogP contribution is -2.20. The average molecular weight is 357 g/mol. The van der Waals surface area contributed by atoms with Gasteiger partial charge in [-0.1, -0.05) is 0 Å². The largest absolute Gasteiger partial charge is 0.574 e. The second-order valence-electron chi connectivity index (χ2n) is 3.25. The van der Waals surface area contributed by atoms with Crippen molar-refractivity contribution in [2.45, 2.75) is 17.8 Å². The number of alkyl halides is 5. The summed E-state index contributed by atoms with van der Waals surface area (Å²) in [5, 5.41) is 9.16. The topological polar surface area (TPSA) is 99.4 Å². The molecule has 1 aromatic rings. The third kappa shape index (κ3) is 4.35. The van der Waals surface area contributed by atoms with Crippen LogP contribution in [0.3, 0.4) is 0 Å². The minimum atomic E-state index is -5.52. The van der Waals surface area contributed by atoms with Gasteiger partial charge in [0.25, 0.3) is 15.5 Å². The number of ether oxygens (including phenoxy) is 1. The van der Waals surface area contributed by atoms with E-state index in [1.807, 2.05) is 0 Å². The fourth-order valence-corrected chi connectivity index (χ4v) is 1.86. The molecule has 0 saturated carbocycles. The van der Waals surface area contributed by atoms with E-state index in [0.717, 1.165) is 0 Å². The lowest BCUT2D eigenvalue weighted by molar-refractivity contribution is -0.390. The van der Waals surface area contributed by atoms with E-state index in [0.29, 0.717) is 0 Å². The molecule has 0 fully saturated rings. The number of halogens is 6. The predicted octanol–water partition coefficient (Wildman–Crippen LogP) is 2.75. The third-order valence-electron chi connectivity index (χ3n) is 1.85. The van der Waals surface area contributed by atoms with Crippen LogP contribution >= 0.6 is 10.7 Å². The van der Waals surface area contributed by atoms with Gasteiger partial charge in [0.1, 0.15) is 5.56 Å². The van der Waals surface area contributed by atoms with Gasteiger partial charge in [-0.05, 0) is 6.07 Å². The summed E-state index contributed by atoms with van der Waals surface area (Å²) in [7, 11) is -0.0530. The molecule has 14 heteroatoms. The predicted molar refractivity (Wildman–Crippen MR) is 55.6 cm³/mol. The van der Waals surface area contributed by atoms with Gasteiger partial charge in [0.15, 0.2) is 5.03 Å². The van der Waals surface area contributed by atoms with Gasteiger partial charge < -0.3 is 4.74 Å². The summed E-state index contributed by atoms with van der Waals surface area (Å²) in [6.45, 7) is 0. The van der Waals surface area contributed by atoms with Crippen LogP contribution in [0.25, 0.3) is 0 Å². The summed E-state index contributed by atoms with van der Waals surface area (Å²) in [6, 6.07) is -0.00559. The summed E-state index contributed by atoms with van der Waals surface area (Å²) in [6.07, 6.45) is -9.19. The summed E-state index contributed by atoms with van der Waals surface area (Å²) in [5.41, 5.74) is -3.44. The van der Waals surface area contributed by atoms with E-state index in [-0.39, 0.29) is 6.07 Å². The van der Waals surface area contributed by atoms with Crippen molar-refractivity contribution in [3.05, 3.63) is 21.7 Å². The van der Waals surface area contributed by atoms with Gasteiger partial charge in [0.05, 0.1) is 4.92 Å². The number of hydrogen-bond donors (Lipinski definition) is 0. The molecule has 0 aliphatic rings. The molecular formula is C7H2ClF5N2O5S. The molecule has 7 nitrogen and oxygen atoms in total. The Morgan fingerprint density at radius 1 is 1.38 bits per heavy atom. The van der Waals surface area contributed by atoms with Crippen LogP contribution in [0.15, 0.2) is 11.1 Å². The van der Waals surface area contributed by atoms with Crippen molar-refractivity contribution in [3.63, 3.8) is 0 Å². The Morgan fingerprint density at radius 3 is 2.24 bits per heavy atom. The first kappa shape index (κ1) is 17.3. The number of pyridine rings is 1. The molecule has 118 valence electrons. The van der Waals surface area contributed by atoms with Gasteiger partial charge in [-0.3, -0.25) is 10.1 Å². The zero-order chi connectivity index (χ0) is 16.6. The summed E-state index contributed by atoms with van der Waals surface area (Å²) in [4.78, 5) is 11.6. The van der Waals surface area contributed by atoms with Crippen molar-refractivity contribution in [3.8, 4) is 5.88 Å². The van der Waals surface area contributed by atoms with Crippen molar-refractivity contribution in [2.75, 3.05) is 0 Å². The number of nitrogens with zero attached hydrogens (tertiary/aromatic N) is 2. The molecule has 0 atom stereocenters. The average Bonchev–Trinajstić information content (AvgIpc) is 2.23. The third-order valence-corrected chi connectivity index (χ3v) is 3.03. The highest BCUT2D eigenvalue weighted by molar-refractivity contribution is 8.13. The van der Waals surface area contributed by atoms with Gasteiger partial charge in [-0.25, -0.2) is 17.2 Å². The van der Waals surface area contributed by atoms with Crippen molar-refractivity contribution >= 4 is 25.4 Å². The molecule has 0 unspecified atom stereocenters. The van der Waals surface area contributed by atoms with E-state index in [1.165, 1.54) is 0 Å². The minimum absolute atomic E-state index is 0.00559. The van der Waals surface area contributed by atoms with Crippen LogP contribution in [0.1, 0.15) is 12.0 Å². The van der Waals surface area contributed by atoms with Crippen LogP contribution in [0.5, 0.6) is 5.88 Å². The lowest BCUT2D eigenvalue weighted by Gasteiger charge is -2.11. The number of aromatic nitrogens is 1. The lowest BCUT2D eigenvalue weighted by atomic mass is 10.2. The monoisotopic (exact) mass is 356 g/mol. The Balaban J connectivity index is 3.72. The van der Waals surface area contributed by atoms with E-state index < -0.39 is 48.9 Å². The Morgan fingerprint density at radius 2 is 1.90 bits per heavy atom. The summed E-state index contributed by atoms with van der Waals surface area (Å²) in [5.74, 6) is -1.95. The maximum Gasteiger partial charge on any atom is 0.574 e. The molecule has 0 saturated heterocycles. The zero-order valence-electron chi connectivity index (χ0n) is 9.27. The summed E-state index contributed by atoms with van der Waals surface area (Å²) >= 11 is 0. The Bertz CT molecular complexity index is 677. The normalized spacial score (nSPS) is 12.5. The molecule has 0 bridgehead atoms. The molecule has 0 amide bonds. The molecule has 21 heavy (non-hydrogen) atoms. The second kappa shape index (κ2) is 5.55. The van der Waals surface area contributed by atoms with Gasteiger partial charge in [-0.2, -0.15) is 4.98 Å². The fraction of sp³-hybridized carbons (Fsp3) is 0.286. The molecule has 0 N–H and O–H groups in total. The Hall–Kier alpha value is -1.76. The molecule has 1 heterocycles. The molecule has 1 aromatic heterocycles. The second-order valence-corrected chi connectivity index (χ2v) is 5.76. The first-order valence-electron chi connectivity index (χ1n) is 4.51. The van der Waals surface area contributed by atoms with E-state index in [4.69, 9.17) is 10.7 Å². The van der Waals surface area contributed by atoms with Gasteiger partial charge >= 0.3 is 17.9 Å². The molecule has 0 aliphatic carbocycles. The van der Waals surface area contributed by atoms with Crippen molar-refractivity contribution in [1.29, 1.82) is 0 Å². The zero-order valence-corrected chi connectivity index (χ0v) is 10.8. The minimum Gasteiger partial charge on any atom is -0.381 e. The van der Waals surface area contributed by atoms with Gasteiger partial charge in [0, 0.05) is 10.7 Å². The number of nitro groups is 1. The molecule has 1 rings (SSSR count). The smallest absolute Gasteiger partial charge is 0.381 e. The van der Waals surface area contributed by atoms with Crippen LogP contribution < -0.4 is 4.74 Å². The fourth-order valence-electron chi connectivity index (χ4n) is 1.17. The van der Waals surface area contributed by atoms with E-state index >= 15 is 0 Å². The van der Waals surface area contributed by atoms with E-state index in [2.05, 4.69) is 9.72 Å². The highest BCUT2D eigenvalue weighted by Crippen LogP contribution is 2.39. The van der Waals surface area contributed by atoms with Crippen LogP contribution in [-0.2, 0) is 9.05 Å². The quantitative estimate of drug-likeness (QED) is 0.356. The van der Waals surface area contributed by atoms with E-state index in [9.17, 15) is 40.5 Å². The molecule has 0 spiro atoms. The first-order chi connectivity index (χ1) is 9.33. The maximum absolute atomic E-state index is 12.7. The maximum atomic E-state index is 12.7. The molecule has 0 radical (unpaired) electrons. The van der Waals surface area contributed by atoms with Crippen LogP contribution in [0.4, 0.5) is 27.6 Å². The highest BCUT2D eigenvalue weighted by Gasteiger charge is 2.39. The van der Waals surface area contributed by atoms with E-state index in [1.54, 1.807) is 0 Å². The Labute approximate surface area is 116 Å². The Kier molecular flexibility index (Phi) is 4.57. The molecular weight excluding hydrogens is 355 g/mol. The van der Waals surface area contributed by atoms with Gasteiger partial charge in [0.2, 0.25) is 0 Å². The van der Waals surface area contributed by atoms with Gasteiger partial charge in [-0.15, -0.1) is 13.2 Å². The standard InChI is InChI=1S/C7H2ClF5N2O5S/c8-21(18,19)3-1-2(5(9)10)4(15(16)17)6(14-3)20-7(11,12)13/h1,5H. The van der Waals surface area contributed by atoms with Crippen LogP contribution in [-0.4, -0.2) is 24.7 Å². The van der Waals surface area contributed by atoms with Crippen LogP contribution in [0, 0.1) is 10.1 Å². The molecule has 0 aromatic carbocycles. The number of hydrogen-bond acceptors (Lipinski definition) is 6. The van der Waals surface area contributed by atoms with Crippen molar-refractivity contribution in [2.24, 2.45) is 0 Å². The highest BCUT2D eigenvalue weighted by atomic mass is 35.7. The van der Waals surface area contributed by atoms with Crippen LogP contribution in [0.2, 0.25) is 0 Å². The number of rotatable bonds is 4. The first-order valence-corrected chi connectivity index (χ1v) is 6.81. The molecule has 0 aliphatic heterocycles. The summed E-state index contributed by atoms with van der Waals surface area (Å²) < 4.78 is 86.6. The van der Waals surface area contributed by atoms with Crippen molar-refractivity contribution < 1.29 is 40.0 Å².